The highest BCUT2D eigenvalue weighted by Gasteiger charge is 2.02. The van der Waals surface area contributed by atoms with Gasteiger partial charge in [-0.1, -0.05) is 11.6 Å². The van der Waals surface area contributed by atoms with Crippen LogP contribution in [0.1, 0.15) is 13.8 Å². The van der Waals surface area contributed by atoms with Gasteiger partial charge in [-0.25, -0.2) is 0 Å². The molecule has 0 amide bonds. The molecule has 0 aliphatic rings. The highest BCUT2D eigenvalue weighted by atomic mass is 32.2. The van der Waals surface area contributed by atoms with Gasteiger partial charge in [0.1, 0.15) is 0 Å². The van der Waals surface area contributed by atoms with E-state index in [1.165, 1.54) is 10.6 Å². The third-order valence-corrected chi connectivity index (χ3v) is 3.50. The zero-order valence-electron chi connectivity index (χ0n) is 11.0. The molecule has 0 unspecified atom stereocenters. The average Bonchev–Trinajstić information content (AvgIpc) is 2.29. The van der Waals surface area contributed by atoms with E-state index in [4.69, 9.17) is 5.11 Å². The van der Waals surface area contributed by atoms with Gasteiger partial charge in [0.25, 0.3) is 0 Å². The average molecular weight is 251 g/mol. The maximum absolute atomic E-state index is 8.96. The molecule has 0 aliphatic carbocycles. The van der Waals surface area contributed by atoms with Gasteiger partial charge in [-0.3, -0.25) is 0 Å². The summed E-state index contributed by atoms with van der Waals surface area (Å²) in [6.07, 6.45) is 2.10. The molecule has 0 heterocycles. The number of rotatable bonds is 5. The minimum absolute atomic E-state index is 0.143. The van der Waals surface area contributed by atoms with Crippen molar-refractivity contribution in [2.45, 2.75) is 24.0 Å². The van der Waals surface area contributed by atoms with Crippen molar-refractivity contribution in [2.24, 2.45) is 0 Å². The van der Waals surface area contributed by atoms with Crippen molar-refractivity contribution >= 4 is 17.4 Å². The summed E-state index contributed by atoms with van der Waals surface area (Å²) in [5, 5.41) is 9.35. The van der Waals surface area contributed by atoms with Crippen LogP contribution in [-0.2, 0) is 0 Å². The quantitative estimate of drug-likeness (QED) is 0.642. The lowest BCUT2D eigenvalue weighted by Gasteiger charge is -2.13. The van der Waals surface area contributed by atoms with E-state index in [2.05, 4.69) is 42.2 Å². The van der Waals surface area contributed by atoms with Gasteiger partial charge in [-0.2, -0.15) is 0 Å². The van der Waals surface area contributed by atoms with Gasteiger partial charge in [0.2, 0.25) is 0 Å². The van der Waals surface area contributed by atoms with Crippen LogP contribution in [0.5, 0.6) is 0 Å². The molecule has 2 nitrogen and oxygen atoms in total. The van der Waals surface area contributed by atoms with Crippen molar-refractivity contribution in [3.05, 3.63) is 35.9 Å². The molecule has 0 spiro atoms. The Morgan fingerprint density at radius 2 is 1.94 bits per heavy atom. The molecule has 1 rings (SSSR count). The fourth-order valence-corrected chi connectivity index (χ4v) is 2.55. The van der Waals surface area contributed by atoms with E-state index in [0.29, 0.717) is 5.25 Å². The van der Waals surface area contributed by atoms with E-state index in [1.807, 2.05) is 21.0 Å². The van der Waals surface area contributed by atoms with E-state index in [0.717, 1.165) is 5.57 Å². The first kappa shape index (κ1) is 14.1. The van der Waals surface area contributed by atoms with Crippen molar-refractivity contribution in [3.8, 4) is 0 Å². The molecule has 0 saturated carbocycles. The monoisotopic (exact) mass is 251 g/mol. The summed E-state index contributed by atoms with van der Waals surface area (Å²) < 4.78 is 0. The highest BCUT2D eigenvalue weighted by Crippen LogP contribution is 2.26. The van der Waals surface area contributed by atoms with Gasteiger partial charge in [0.15, 0.2) is 0 Å². The standard InChI is InChI=1S/C14H21NOS/c1-11(10-16)9-12(2)17-14-7-5-13(6-8-14)15(3)4/h5-9,12,16H,10H2,1-4H3/b11-9+/t12-/m1/s1. The SMILES string of the molecule is C/C(=C\[C@@H](C)Sc1ccc(N(C)C)cc1)CO. The molecule has 0 saturated heterocycles. The number of thioether (sulfide) groups is 1. The van der Waals surface area contributed by atoms with Crippen molar-refractivity contribution in [3.63, 3.8) is 0 Å². The molecule has 1 aromatic rings. The Kier molecular flexibility index (Phi) is 5.59. The number of aliphatic hydroxyl groups is 1. The number of anilines is 1. The lowest BCUT2D eigenvalue weighted by atomic mass is 10.3. The summed E-state index contributed by atoms with van der Waals surface area (Å²) in [5.41, 5.74) is 2.24. The second-order valence-electron chi connectivity index (χ2n) is 4.38. The maximum atomic E-state index is 8.96. The van der Waals surface area contributed by atoms with E-state index >= 15 is 0 Å². The summed E-state index contributed by atoms with van der Waals surface area (Å²) in [4.78, 5) is 3.35. The van der Waals surface area contributed by atoms with Crippen LogP contribution in [0.4, 0.5) is 5.69 Å². The van der Waals surface area contributed by atoms with Gasteiger partial charge in [-0.15, -0.1) is 11.8 Å². The topological polar surface area (TPSA) is 23.5 Å². The first-order valence-corrected chi connectivity index (χ1v) is 6.63. The molecule has 1 N–H and O–H groups in total. The van der Waals surface area contributed by atoms with Crippen molar-refractivity contribution in [1.82, 2.24) is 0 Å². The van der Waals surface area contributed by atoms with Crippen molar-refractivity contribution in [2.75, 3.05) is 25.6 Å². The summed E-state index contributed by atoms with van der Waals surface area (Å²) >= 11 is 1.80. The van der Waals surface area contributed by atoms with E-state index < -0.39 is 0 Å². The third-order valence-electron chi connectivity index (χ3n) is 2.44. The van der Waals surface area contributed by atoms with E-state index in [9.17, 15) is 0 Å². The summed E-state index contributed by atoms with van der Waals surface area (Å²) in [7, 11) is 4.08. The zero-order valence-corrected chi connectivity index (χ0v) is 11.8. The summed E-state index contributed by atoms with van der Waals surface area (Å²) in [6.45, 7) is 4.24. The number of aliphatic hydroxyl groups excluding tert-OH is 1. The molecule has 0 bridgehead atoms. The minimum atomic E-state index is 0.143. The molecular weight excluding hydrogens is 230 g/mol. The Hall–Kier alpha value is -0.930. The van der Waals surface area contributed by atoms with Gasteiger partial charge in [0, 0.05) is 29.9 Å². The van der Waals surface area contributed by atoms with Crippen molar-refractivity contribution < 1.29 is 5.11 Å². The molecule has 3 heteroatoms. The predicted octanol–water partition coefficient (Wildman–Crippen LogP) is 3.17. The summed E-state index contributed by atoms with van der Waals surface area (Å²) in [6, 6.07) is 8.52. The first-order valence-electron chi connectivity index (χ1n) is 5.75. The van der Waals surface area contributed by atoms with Gasteiger partial charge in [-0.05, 0) is 38.1 Å². The van der Waals surface area contributed by atoms with Crippen LogP contribution in [0.2, 0.25) is 0 Å². The maximum Gasteiger partial charge on any atom is 0.0639 e. The molecule has 1 aromatic carbocycles. The fourth-order valence-electron chi connectivity index (χ4n) is 1.52. The smallest absolute Gasteiger partial charge is 0.0639 e. The van der Waals surface area contributed by atoms with Gasteiger partial charge < -0.3 is 10.0 Å². The Balaban J connectivity index is 2.63. The minimum Gasteiger partial charge on any atom is -0.392 e. The fraction of sp³-hybridized carbons (Fsp3) is 0.429. The number of hydrogen-bond donors (Lipinski definition) is 1. The van der Waals surface area contributed by atoms with E-state index in [1.54, 1.807) is 11.8 Å². The lowest BCUT2D eigenvalue weighted by Crippen LogP contribution is -2.07. The Morgan fingerprint density at radius 1 is 1.35 bits per heavy atom. The van der Waals surface area contributed by atoms with Crippen LogP contribution in [0, 0.1) is 0 Å². The van der Waals surface area contributed by atoms with Gasteiger partial charge >= 0.3 is 0 Å². The number of nitrogens with zero attached hydrogens (tertiary/aromatic N) is 1. The molecule has 17 heavy (non-hydrogen) atoms. The molecule has 0 fully saturated rings. The Morgan fingerprint density at radius 3 is 2.41 bits per heavy atom. The van der Waals surface area contributed by atoms with Crippen LogP contribution < -0.4 is 4.90 Å². The van der Waals surface area contributed by atoms with Crippen molar-refractivity contribution in [1.29, 1.82) is 0 Å². The Bertz CT molecular complexity index is 370. The number of hydrogen-bond acceptors (Lipinski definition) is 3. The second kappa shape index (κ2) is 6.72. The zero-order chi connectivity index (χ0) is 12.8. The normalized spacial score (nSPS) is 13.6. The van der Waals surface area contributed by atoms with E-state index in [-0.39, 0.29) is 6.61 Å². The highest BCUT2D eigenvalue weighted by molar-refractivity contribution is 8.00. The van der Waals surface area contributed by atoms with Crippen LogP contribution in [0.3, 0.4) is 0 Å². The molecule has 0 radical (unpaired) electrons. The van der Waals surface area contributed by atoms with Crippen LogP contribution in [0.15, 0.2) is 40.8 Å². The molecule has 1 atom stereocenters. The number of benzene rings is 1. The molecule has 0 aromatic heterocycles. The molecule has 94 valence electrons. The first-order chi connectivity index (χ1) is 8.02. The molecule has 0 aliphatic heterocycles. The van der Waals surface area contributed by atoms with Gasteiger partial charge in [0.05, 0.1) is 6.61 Å². The largest absolute Gasteiger partial charge is 0.392 e. The molecular formula is C14H21NOS. The van der Waals surface area contributed by atoms with Crippen LogP contribution in [-0.4, -0.2) is 31.1 Å². The predicted molar refractivity (Wildman–Crippen MR) is 76.9 cm³/mol. The Labute approximate surface area is 108 Å². The lowest BCUT2D eigenvalue weighted by molar-refractivity contribution is 0.331. The third kappa shape index (κ3) is 4.84. The van der Waals surface area contributed by atoms with Crippen LogP contribution >= 0.6 is 11.8 Å². The second-order valence-corrected chi connectivity index (χ2v) is 5.83. The summed E-state index contributed by atoms with van der Waals surface area (Å²) in [5.74, 6) is 0. The van der Waals surface area contributed by atoms with Crippen LogP contribution in [0.25, 0.3) is 0 Å².